The normalized spacial score (nSPS) is 12.2. The highest BCUT2D eigenvalue weighted by Gasteiger charge is 2.18. The first-order valence-corrected chi connectivity index (χ1v) is 7.13. The molecule has 1 heterocycles. The van der Waals surface area contributed by atoms with E-state index in [1.807, 2.05) is 18.2 Å². The lowest BCUT2D eigenvalue weighted by Crippen LogP contribution is -2.13. The van der Waals surface area contributed by atoms with E-state index in [1.165, 1.54) is 10.4 Å². The molecule has 0 aliphatic rings. The van der Waals surface area contributed by atoms with Crippen LogP contribution in [-0.2, 0) is 6.42 Å². The summed E-state index contributed by atoms with van der Waals surface area (Å²) in [5.74, 6) is 1.54. The summed E-state index contributed by atoms with van der Waals surface area (Å²) < 4.78 is 10.6. The van der Waals surface area contributed by atoms with Crippen LogP contribution in [0.2, 0.25) is 0 Å². The molecule has 1 unspecified atom stereocenters. The molecule has 0 spiro atoms. The summed E-state index contributed by atoms with van der Waals surface area (Å²) in [7, 11) is 3.29. The van der Waals surface area contributed by atoms with Gasteiger partial charge in [-0.25, -0.2) is 0 Å². The molecule has 0 amide bonds. The summed E-state index contributed by atoms with van der Waals surface area (Å²) in [5.41, 5.74) is 8.68. The number of nitrogens with two attached hydrogens (primary N) is 1. The molecule has 3 nitrogen and oxygen atoms in total. The van der Waals surface area contributed by atoms with E-state index in [0.29, 0.717) is 0 Å². The number of thiophene rings is 1. The van der Waals surface area contributed by atoms with Gasteiger partial charge in [0.2, 0.25) is 0 Å². The van der Waals surface area contributed by atoms with Gasteiger partial charge in [-0.15, -0.1) is 11.3 Å². The van der Waals surface area contributed by atoms with Crippen LogP contribution in [0.5, 0.6) is 11.5 Å². The molecule has 0 saturated heterocycles. The highest BCUT2D eigenvalue weighted by molar-refractivity contribution is 7.10. The van der Waals surface area contributed by atoms with Crippen molar-refractivity contribution in [2.75, 3.05) is 14.2 Å². The number of methoxy groups -OCH3 is 2. The van der Waals surface area contributed by atoms with E-state index in [-0.39, 0.29) is 6.04 Å². The number of ether oxygens (including phenoxy) is 2. The zero-order valence-electron chi connectivity index (χ0n) is 11.5. The fourth-order valence-corrected chi connectivity index (χ4v) is 3.15. The molecular weight excluding hydrogens is 258 g/mol. The van der Waals surface area contributed by atoms with Crippen molar-refractivity contribution >= 4 is 11.3 Å². The van der Waals surface area contributed by atoms with Gasteiger partial charge in [0, 0.05) is 16.5 Å². The summed E-state index contributed by atoms with van der Waals surface area (Å²) in [6, 6.07) is 7.73. The van der Waals surface area contributed by atoms with Crippen LogP contribution in [0.3, 0.4) is 0 Å². The molecular formula is C15H19NO2S. The molecule has 1 atom stereocenters. The second kappa shape index (κ2) is 6.08. The average molecular weight is 277 g/mol. The average Bonchev–Trinajstić information content (AvgIpc) is 2.94. The summed E-state index contributed by atoms with van der Waals surface area (Å²) >= 11 is 1.69. The highest BCUT2D eigenvalue weighted by atomic mass is 32.1. The number of rotatable bonds is 5. The van der Waals surface area contributed by atoms with E-state index in [2.05, 4.69) is 18.4 Å². The standard InChI is InChI=1S/C15H19NO2S/c1-4-10-7-8-19-15(10)14(16)12-6-5-11(17-2)9-13(12)18-3/h5-9,14H,4,16H2,1-3H3. The SMILES string of the molecule is CCc1ccsc1C(N)c1ccc(OC)cc1OC. The molecule has 0 bridgehead atoms. The third-order valence-electron chi connectivity index (χ3n) is 3.22. The van der Waals surface area contributed by atoms with Crippen molar-refractivity contribution in [3.63, 3.8) is 0 Å². The van der Waals surface area contributed by atoms with Crippen LogP contribution >= 0.6 is 11.3 Å². The highest BCUT2D eigenvalue weighted by Crippen LogP contribution is 2.35. The minimum Gasteiger partial charge on any atom is -0.497 e. The maximum Gasteiger partial charge on any atom is 0.127 e. The van der Waals surface area contributed by atoms with Crippen LogP contribution in [0, 0.1) is 0 Å². The molecule has 19 heavy (non-hydrogen) atoms. The van der Waals surface area contributed by atoms with E-state index in [1.54, 1.807) is 25.6 Å². The fourth-order valence-electron chi connectivity index (χ4n) is 2.13. The molecule has 0 saturated carbocycles. The zero-order valence-corrected chi connectivity index (χ0v) is 12.3. The van der Waals surface area contributed by atoms with Crippen molar-refractivity contribution in [2.45, 2.75) is 19.4 Å². The minimum absolute atomic E-state index is 0.157. The Hall–Kier alpha value is -1.52. The van der Waals surface area contributed by atoms with Gasteiger partial charge in [-0.3, -0.25) is 0 Å². The van der Waals surface area contributed by atoms with Crippen LogP contribution < -0.4 is 15.2 Å². The first-order chi connectivity index (χ1) is 9.21. The predicted molar refractivity (Wildman–Crippen MR) is 79.3 cm³/mol. The van der Waals surface area contributed by atoms with Gasteiger partial charge in [0.25, 0.3) is 0 Å². The molecule has 0 fully saturated rings. The topological polar surface area (TPSA) is 44.5 Å². The van der Waals surface area contributed by atoms with E-state index in [9.17, 15) is 0 Å². The van der Waals surface area contributed by atoms with Crippen molar-refractivity contribution in [1.82, 2.24) is 0 Å². The van der Waals surface area contributed by atoms with Crippen molar-refractivity contribution < 1.29 is 9.47 Å². The number of hydrogen-bond donors (Lipinski definition) is 1. The largest absolute Gasteiger partial charge is 0.497 e. The second-order valence-corrected chi connectivity index (χ2v) is 5.20. The van der Waals surface area contributed by atoms with E-state index in [0.717, 1.165) is 23.5 Å². The third kappa shape index (κ3) is 2.74. The minimum atomic E-state index is -0.157. The first kappa shape index (κ1) is 13.9. The number of benzene rings is 1. The summed E-state index contributed by atoms with van der Waals surface area (Å²) in [6.45, 7) is 2.14. The Morgan fingerprint density at radius 1 is 1.21 bits per heavy atom. The van der Waals surface area contributed by atoms with Gasteiger partial charge >= 0.3 is 0 Å². The molecule has 1 aromatic carbocycles. The Labute approximate surface area is 118 Å². The molecule has 2 N–H and O–H groups in total. The Morgan fingerprint density at radius 3 is 2.63 bits per heavy atom. The predicted octanol–water partition coefficient (Wildman–Crippen LogP) is 3.38. The van der Waals surface area contributed by atoms with Crippen molar-refractivity contribution in [2.24, 2.45) is 5.73 Å². The maximum absolute atomic E-state index is 6.39. The first-order valence-electron chi connectivity index (χ1n) is 6.25. The lowest BCUT2D eigenvalue weighted by molar-refractivity contribution is 0.390. The van der Waals surface area contributed by atoms with Crippen LogP contribution in [-0.4, -0.2) is 14.2 Å². The lowest BCUT2D eigenvalue weighted by Gasteiger charge is -2.17. The Morgan fingerprint density at radius 2 is 2.00 bits per heavy atom. The van der Waals surface area contributed by atoms with E-state index >= 15 is 0 Å². The number of aryl methyl sites for hydroxylation is 1. The van der Waals surface area contributed by atoms with Gasteiger partial charge in [0.1, 0.15) is 11.5 Å². The van der Waals surface area contributed by atoms with Gasteiger partial charge in [-0.2, -0.15) is 0 Å². The number of hydrogen-bond acceptors (Lipinski definition) is 4. The quantitative estimate of drug-likeness (QED) is 0.911. The van der Waals surface area contributed by atoms with Crippen molar-refractivity contribution in [3.8, 4) is 11.5 Å². The van der Waals surface area contributed by atoms with Crippen LogP contribution in [0.15, 0.2) is 29.6 Å². The molecule has 4 heteroatoms. The van der Waals surface area contributed by atoms with Crippen LogP contribution in [0.25, 0.3) is 0 Å². The Kier molecular flexibility index (Phi) is 4.45. The third-order valence-corrected chi connectivity index (χ3v) is 4.26. The summed E-state index contributed by atoms with van der Waals surface area (Å²) in [4.78, 5) is 1.20. The van der Waals surface area contributed by atoms with Gasteiger partial charge in [-0.1, -0.05) is 6.92 Å². The van der Waals surface area contributed by atoms with Gasteiger partial charge in [-0.05, 0) is 35.6 Å². The van der Waals surface area contributed by atoms with Gasteiger partial charge in [0.05, 0.1) is 20.3 Å². The molecule has 0 aliphatic carbocycles. The van der Waals surface area contributed by atoms with Gasteiger partial charge in [0.15, 0.2) is 0 Å². The fraction of sp³-hybridized carbons (Fsp3) is 0.333. The summed E-state index contributed by atoms with van der Waals surface area (Å²) in [5, 5.41) is 2.09. The van der Waals surface area contributed by atoms with Crippen LogP contribution in [0.4, 0.5) is 0 Å². The molecule has 102 valence electrons. The van der Waals surface area contributed by atoms with Crippen molar-refractivity contribution in [1.29, 1.82) is 0 Å². The monoisotopic (exact) mass is 277 g/mol. The second-order valence-electron chi connectivity index (χ2n) is 4.25. The lowest BCUT2D eigenvalue weighted by atomic mass is 10.0. The molecule has 0 aliphatic heterocycles. The Balaban J connectivity index is 2.41. The zero-order chi connectivity index (χ0) is 13.8. The van der Waals surface area contributed by atoms with E-state index in [4.69, 9.17) is 15.2 Å². The molecule has 2 rings (SSSR count). The summed E-state index contributed by atoms with van der Waals surface area (Å²) in [6.07, 6.45) is 0.991. The van der Waals surface area contributed by atoms with Gasteiger partial charge < -0.3 is 15.2 Å². The molecule has 0 radical (unpaired) electrons. The Bertz CT molecular complexity index is 551. The van der Waals surface area contributed by atoms with Crippen molar-refractivity contribution in [3.05, 3.63) is 45.6 Å². The molecule has 1 aromatic heterocycles. The van der Waals surface area contributed by atoms with E-state index < -0.39 is 0 Å². The smallest absolute Gasteiger partial charge is 0.127 e. The molecule has 2 aromatic rings. The van der Waals surface area contributed by atoms with Crippen LogP contribution in [0.1, 0.15) is 29.0 Å². The maximum atomic E-state index is 6.39.